The van der Waals surface area contributed by atoms with Crippen LogP contribution in [-0.4, -0.2) is 0 Å². The van der Waals surface area contributed by atoms with Crippen molar-refractivity contribution in [3.8, 4) is 11.5 Å². The molecule has 0 radical (unpaired) electrons. The van der Waals surface area contributed by atoms with Gasteiger partial charge in [-0.2, -0.15) is 0 Å². The first-order valence-electron chi connectivity index (χ1n) is 6.25. The summed E-state index contributed by atoms with van der Waals surface area (Å²) < 4.78 is 5.97. The Morgan fingerprint density at radius 3 is 2.53 bits per heavy atom. The molecule has 2 heteroatoms. The summed E-state index contributed by atoms with van der Waals surface area (Å²) in [5.41, 5.74) is 7.66. The van der Waals surface area contributed by atoms with Crippen molar-refractivity contribution in [2.75, 3.05) is 5.73 Å². The Hall–Kier alpha value is -2.48. The Labute approximate surface area is 112 Å². The molecule has 0 aliphatic carbocycles. The number of hydrogen-bond donors (Lipinski definition) is 1. The van der Waals surface area contributed by atoms with E-state index in [1.54, 1.807) is 0 Å². The molecule has 0 atom stereocenters. The quantitative estimate of drug-likeness (QED) is 0.677. The maximum absolute atomic E-state index is 5.97. The van der Waals surface area contributed by atoms with Gasteiger partial charge in [0.25, 0.3) is 0 Å². The highest BCUT2D eigenvalue weighted by atomic mass is 16.5. The molecular formula is C17H15NO. The van der Waals surface area contributed by atoms with Gasteiger partial charge in [-0.1, -0.05) is 36.4 Å². The van der Waals surface area contributed by atoms with E-state index < -0.39 is 0 Å². The molecule has 0 saturated heterocycles. The molecule has 0 bridgehead atoms. The Balaban J connectivity index is 2.05. The number of ether oxygens (including phenoxy) is 1. The lowest BCUT2D eigenvalue weighted by Crippen LogP contribution is -1.90. The molecule has 94 valence electrons. The van der Waals surface area contributed by atoms with Crippen molar-refractivity contribution < 1.29 is 4.74 Å². The number of nitrogens with two attached hydrogens (primary N) is 1. The van der Waals surface area contributed by atoms with Crippen LogP contribution >= 0.6 is 0 Å². The fraction of sp³-hybridized carbons (Fsp3) is 0.0588. The number of anilines is 1. The predicted molar refractivity (Wildman–Crippen MR) is 79.6 cm³/mol. The smallest absolute Gasteiger partial charge is 0.135 e. The van der Waals surface area contributed by atoms with Crippen LogP contribution in [0.25, 0.3) is 10.8 Å². The van der Waals surface area contributed by atoms with Crippen molar-refractivity contribution in [2.45, 2.75) is 6.92 Å². The standard InChI is InChI=1S/C17H15NO/c1-12-9-14(18)11-15(10-12)19-17-8-4-6-13-5-2-3-7-16(13)17/h2-11H,18H2,1H3. The molecule has 0 fully saturated rings. The summed E-state index contributed by atoms with van der Waals surface area (Å²) in [6.07, 6.45) is 0. The van der Waals surface area contributed by atoms with Crippen molar-refractivity contribution in [2.24, 2.45) is 0 Å². The third kappa shape index (κ3) is 2.38. The number of benzene rings is 3. The second-order valence-corrected chi connectivity index (χ2v) is 4.66. The molecule has 3 aromatic rings. The van der Waals surface area contributed by atoms with E-state index in [0.717, 1.165) is 28.1 Å². The lowest BCUT2D eigenvalue weighted by atomic mass is 10.1. The summed E-state index contributed by atoms with van der Waals surface area (Å²) in [5, 5.41) is 2.27. The van der Waals surface area contributed by atoms with Gasteiger partial charge < -0.3 is 10.5 Å². The van der Waals surface area contributed by atoms with Crippen LogP contribution in [0.3, 0.4) is 0 Å². The van der Waals surface area contributed by atoms with Crippen LogP contribution in [0.2, 0.25) is 0 Å². The van der Waals surface area contributed by atoms with E-state index in [1.807, 2.05) is 49.4 Å². The normalized spacial score (nSPS) is 10.6. The molecule has 3 aromatic carbocycles. The average Bonchev–Trinajstić information content (AvgIpc) is 2.38. The Bertz CT molecular complexity index is 709. The Morgan fingerprint density at radius 1 is 0.895 bits per heavy atom. The SMILES string of the molecule is Cc1cc(N)cc(Oc2cccc3ccccc23)c1. The minimum Gasteiger partial charge on any atom is -0.457 e. The number of rotatable bonds is 2. The average molecular weight is 249 g/mol. The van der Waals surface area contributed by atoms with Gasteiger partial charge in [0.2, 0.25) is 0 Å². The zero-order chi connectivity index (χ0) is 13.2. The molecule has 0 heterocycles. The van der Waals surface area contributed by atoms with Crippen LogP contribution < -0.4 is 10.5 Å². The van der Waals surface area contributed by atoms with Crippen molar-refractivity contribution in [1.29, 1.82) is 0 Å². The summed E-state index contributed by atoms with van der Waals surface area (Å²) in [4.78, 5) is 0. The highest BCUT2D eigenvalue weighted by molar-refractivity contribution is 5.88. The predicted octanol–water partition coefficient (Wildman–Crippen LogP) is 4.52. The summed E-state index contributed by atoms with van der Waals surface area (Å²) in [6.45, 7) is 2.01. The van der Waals surface area contributed by atoms with Gasteiger partial charge in [0.05, 0.1) is 0 Å². The van der Waals surface area contributed by atoms with E-state index in [9.17, 15) is 0 Å². The van der Waals surface area contributed by atoms with Crippen molar-refractivity contribution in [1.82, 2.24) is 0 Å². The van der Waals surface area contributed by atoms with E-state index >= 15 is 0 Å². The monoisotopic (exact) mass is 249 g/mol. The highest BCUT2D eigenvalue weighted by Gasteiger charge is 2.03. The molecular weight excluding hydrogens is 234 g/mol. The molecule has 0 amide bonds. The molecule has 19 heavy (non-hydrogen) atoms. The van der Waals surface area contributed by atoms with E-state index in [4.69, 9.17) is 10.5 Å². The van der Waals surface area contributed by atoms with E-state index in [1.165, 1.54) is 5.39 Å². The largest absolute Gasteiger partial charge is 0.457 e. The fourth-order valence-corrected chi connectivity index (χ4v) is 2.25. The number of nitrogen functional groups attached to an aromatic ring is 1. The summed E-state index contributed by atoms with van der Waals surface area (Å²) in [7, 11) is 0. The minimum absolute atomic E-state index is 0.718. The van der Waals surface area contributed by atoms with Crippen LogP contribution in [0, 0.1) is 6.92 Å². The van der Waals surface area contributed by atoms with E-state index in [0.29, 0.717) is 0 Å². The second kappa shape index (κ2) is 4.65. The molecule has 0 aliphatic rings. The third-order valence-electron chi connectivity index (χ3n) is 3.05. The first-order valence-corrected chi connectivity index (χ1v) is 6.25. The van der Waals surface area contributed by atoms with E-state index in [2.05, 4.69) is 18.2 Å². The maximum atomic E-state index is 5.97. The van der Waals surface area contributed by atoms with Crippen molar-refractivity contribution in [3.05, 3.63) is 66.2 Å². The van der Waals surface area contributed by atoms with Crippen molar-refractivity contribution >= 4 is 16.5 Å². The molecule has 0 aromatic heterocycles. The topological polar surface area (TPSA) is 35.2 Å². The first-order chi connectivity index (χ1) is 9.22. The lowest BCUT2D eigenvalue weighted by Gasteiger charge is -2.10. The zero-order valence-corrected chi connectivity index (χ0v) is 10.8. The van der Waals surface area contributed by atoms with E-state index in [-0.39, 0.29) is 0 Å². The molecule has 0 spiro atoms. The molecule has 0 saturated carbocycles. The van der Waals surface area contributed by atoms with Crippen LogP contribution in [0.1, 0.15) is 5.56 Å². The first kappa shape index (κ1) is 11.6. The number of fused-ring (bicyclic) bond motifs is 1. The summed E-state index contributed by atoms with van der Waals surface area (Å²) >= 11 is 0. The Morgan fingerprint density at radius 2 is 1.68 bits per heavy atom. The number of aryl methyl sites for hydroxylation is 1. The van der Waals surface area contributed by atoms with Crippen LogP contribution in [-0.2, 0) is 0 Å². The van der Waals surface area contributed by atoms with Gasteiger partial charge >= 0.3 is 0 Å². The fourth-order valence-electron chi connectivity index (χ4n) is 2.25. The van der Waals surface area contributed by atoms with Gasteiger partial charge in [-0.3, -0.25) is 0 Å². The van der Waals surface area contributed by atoms with Crippen LogP contribution in [0.15, 0.2) is 60.7 Å². The molecule has 3 rings (SSSR count). The zero-order valence-electron chi connectivity index (χ0n) is 10.8. The molecule has 0 aliphatic heterocycles. The van der Waals surface area contributed by atoms with Gasteiger partial charge in [-0.25, -0.2) is 0 Å². The van der Waals surface area contributed by atoms with Gasteiger partial charge in [0.15, 0.2) is 0 Å². The number of hydrogen-bond acceptors (Lipinski definition) is 2. The molecule has 2 N–H and O–H groups in total. The highest BCUT2D eigenvalue weighted by Crippen LogP contribution is 2.31. The molecule has 0 unspecified atom stereocenters. The molecule has 2 nitrogen and oxygen atoms in total. The van der Waals surface area contributed by atoms with Gasteiger partial charge in [-0.05, 0) is 36.1 Å². The minimum atomic E-state index is 0.718. The van der Waals surface area contributed by atoms with Gasteiger partial charge in [0.1, 0.15) is 11.5 Å². The van der Waals surface area contributed by atoms with Gasteiger partial charge in [-0.15, -0.1) is 0 Å². The Kier molecular flexibility index (Phi) is 2.84. The lowest BCUT2D eigenvalue weighted by molar-refractivity contribution is 0.488. The van der Waals surface area contributed by atoms with Crippen LogP contribution in [0.5, 0.6) is 11.5 Å². The van der Waals surface area contributed by atoms with Gasteiger partial charge in [0, 0.05) is 17.1 Å². The summed E-state index contributed by atoms with van der Waals surface area (Å²) in [6, 6.07) is 20.0. The third-order valence-corrected chi connectivity index (χ3v) is 3.05. The maximum Gasteiger partial charge on any atom is 0.135 e. The second-order valence-electron chi connectivity index (χ2n) is 4.66. The van der Waals surface area contributed by atoms with Crippen LogP contribution in [0.4, 0.5) is 5.69 Å². The van der Waals surface area contributed by atoms with Crippen molar-refractivity contribution in [3.63, 3.8) is 0 Å². The summed E-state index contributed by atoms with van der Waals surface area (Å²) in [5.74, 6) is 1.62.